The second-order valence-electron chi connectivity index (χ2n) is 6.24. The summed E-state index contributed by atoms with van der Waals surface area (Å²) >= 11 is 8.25. The summed E-state index contributed by atoms with van der Waals surface area (Å²) < 4.78 is 50.4. The molecule has 0 spiro atoms. The number of esters is 1. The van der Waals surface area contributed by atoms with Crippen LogP contribution in [0.1, 0.15) is 16.9 Å². The summed E-state index contributed by atoms with van der Waals surface area (Å²) in [5.74, 6) is -0.145. The number of hydrogen-bond donors (Lipinski definition) is 0. The number of rotatable bonds is 3. The molecular formula is C21H10ClF3INO3. The molecule has 3 aromatic rings. The van der Waals surface area contributed by atoms with Gasteiger partial charge in [-0.15, -0.1) is 0 Å². The third-order valence-electron chi connectivity index (χ3n) is 4.16. The number of ether oxygens (including phenoxy) is 1. The summed E-state index contributed by atoms with van der Waals surface area (Å²) in [5.41, 5.74) is -0.0492. The Morgan fingerprint density at radius 1 is 1.07 bits per heavy atom. The molecule has 0 N–H and O–H groups in total. The van der Waals surface area contributed by atoms with Crippen LogP contribution in [0, 0.1) is 3.57 Å². The van der Waals surface area contributed by atoms with E-state index in [0.29, 0.717) is 10.6 Å². The Morgan fingerprint density at radius 2 is 1.87 bits per heavy atom. The predicted molar refractivity (Wildman–Crippen MR) is 114 cm³/mol. The number of carbonyl (C=O) groups is 1. The summed E-state index contributed by atoms with van der Waals surface area (Å²) in [6.07, 6.45) is -3.10. The molecule has 0 radical (unpaired) electrons. The Balaban J connectivity index is 1.64. The molecule has 0 saturated heterocycles. The number of cyclic esters (lactones) is 1. The van der Waals surface area contributed by atoms with E-state index in [4.69, 9.17) is 20.8 Å². The van der Waals surface area contributed by atoms with Crippen LogP contribution in [-0.4, -0.2) is 11.9 Å². The highest BCUT2D eigenvalue weighted by Gasteiger charge is 2.31. The van der Waals surface area contributed by atoms with Gasteiger partial charge in [0.15, 0.2) is 5.70 Å². The number of furan rings is 1. The Kier molecular flexibility index (Phi) is 5.46. The predicted octanol–water partition coefficient (Wildman–Crippen LogP) is 6.57. The van der Waals surface area contributed by atoms with E-state index in [1.807, 2.05) is 0 Å². The maximum atomic E-state index is 12.9. The average molecular weight is 544 g/mol. The van der Waals surface area contributed by atoms with Crippen LogP contribution in [0.15, 0.2) is 69.7 Å². The molecule has 0 saturated carbocycles. The molecule has 152 valence electrons. The van der Waals surface area contributed by atoms with Crippen LogP contribution in [0.3, 0.4) is 0 Å². The van der Waals surface area contributed by atoms with Gasteiger partial charge >= 0.3 is 12.1 Å². The molecule has 1 aromatic heterocycles. The summed E-state index contributed by atoms with van der Waals surface area (Å²) in [6, 6.07) is 13.0. The van der Waals surface area contributed by atoms with Crippen molar-refractivity contribution in [2.24, 2.45) is 4.99 Å². The van der Waals surface area contributed by atoms with E-state index in [1.165, 1.54) is 30.3 Å². The van der Waals surface area contributed by atoms with Gasteiger partial charge in [-0.25, -0.2) is 9.79 Å². The Labute approximate surface area is 187 Å². The van der Waals surface area contributed by atoms with Gasteiger partial charge in [0.1, 0.15) is 11.5 Å². The monoisotopic (exact) mass is 543 g/mol. The second-order valence-corrected chi connectivity index (χ2v) is 7.89. The van der Waals surface area contributed by atoms with Crippen molar-refractivity contribution in [2.75, 3.05) is 0 Å². The van der Waals surface area contributed by atoms with Gasteiger partial charge in [-0.05, 0) is 65.1 Å². The van der Waals surface area contributed by atoms with Crippen LogP contribution >= 0.6 is 34.2 Å². The second kappa shape index (κ2) is 7.92. The van der Waals surface area contributed by atoms with E-state index in [2.05, 4.69) is 27.6 Å². The third-order valence-corrected chi connectivity index (χ3v) is 5.16. The first-order chi connectivity index (χ1) is 14.2. The topological polar surface area (TPSA) is 51.8 Å². The first-order valence-electron chi connectivity index (χ1n) is 8.46. The van der Waals surface area contributed by atoms with Crippen LogP contribution < -0.4 is 0 Å². The van der Waals surface area contributed by atoms with Crippen LogP contribution in [0.2, 0.25) is 5.02 Å². The van der Waals surface area contributed by atoms with Crippen LogP contribution in [-0.2, 0) is 15.7 Å². The number of aliphatic imine (C=N–C) groups is 1. The van der Waals surface area contributed by atoms with Gasteiger partial charge in [-0.3, -0.25) is 0 Å². The minimum absolute atomic E-state index is 0.00938. The molecule has 2 heterocycles. The molecule has 0 unspecified atom stereocenters. The molecule has 0 amide bonds. The van der Waals surface area contributed by atoms with Gasteiger partial charge in [-0.2, -0.15) is 13.2 Å². The first kappa shape index (κ1) is 20.7. The SMILES string of the molecule is O=C1OC(c2cc(I)ccc2Cl)=N/C1=C/c1ccc(-c2cccc(C(F)(F)F)c2)o1. The fourth-order valence-electron chi connectivity index (χ4n) is 2.75. The van der Waals surface area contributed by atoms with Crippen molar-refractivity contribution in [2.45, 2.75) is 6.18 Å². The standard InChI is InChI=1S/C21H10ClF3INO3/c22-16-6-4-13(26)9-15(16)19-27-17(20(28)30-19)10-14-5-7-18(29-14)11-2-1-3-12(8-11)21(23,24)25/h1-10H/b17-10+. The van der Waals surface area contributed by atoms with E-state index < -0.39 is 17.7 Å². The largest absolute Gasteiger partial charge is 0.457 e. The van der Waals surface area contributed by atoms with Crippen molar-refractivity contribution in [3.05, 3.63) is 85.8 Å². The van der Waals surface area contributed by atoms with Crippen LogP contribution in [0.5, 0.6) is 0 Å². The number of hydrogen-bond acceptors (Lipinski definition) is 4. The highest BCUT2D eigenvalue weighted by atomic mass is 127. The molecule has 2 aromatic carbocycles. The van der Waals surface area contributed by atoms with E-state index in [0.717, 1.165) is 15.7 Å². The van der Waals surface area contributed by atoms with Crippen molar-refractivity contribution < 1.29 is 27.1 Å². The van der Waals surface area contributed by atoms with Crippen molar-refractivity contribution in [1.82, 2.24) is 0 Å². The number of alkyl halides is 3. The zero-order valence-electron chi connectivity index (χ0n) is 14.8. The molecule has 1 aliphatic heterocycles. The Morgan fingerprint density at radius 3 is 2.63 bits per heavy atom. The maximum Gasteiger partial charge on any atom is 0.416 e. The maximum absolute atomic E-state index is 12.9. The molecule has 0 bridgehead atoms. The Hall–Kier alpha value is -2.59. The molecule has 0 atom stereocenters. The fourth-order valence-corrected chi connectivity index (χ4v) is 3.44. The quantitative estimate of drug-likeness (QED) is 0.213. The van der Waals surface area contributed by atoms with Crippen molar-refractivity contribution in [3.63, 3.8) is 0 Å². The van der Waals surface area contributed by atoms with E-state index >= 15 is 0 Å². The zero-order valence-corrected chi connectivity index (χ0v) is 17.7. The average Bonchev–Trinajstić information content (AvgIpc) is 3.30. The highest BCUT2D eigenvalue weighted by molar-refractivity contribution is 14.1. The van der Waals surface area contributed by atoms with Crippen LogP contribution in [0.4, 0.5) is 13.2 Å². The Bertz CT molecular complexity index is 1210. The third kappa shape index (κ3) is 4.29. The summed E-state index contributed by atoms with van der Waals surface area (Å²) in [6.45, 7) is 0. The van der Waals surface area contributed by atoms with E-state index in [1.54, 1.807) is 18.2 Å². The van der Waals surface area contributed by atoms with Crippen molar-refractivity contribution in [3.8, 4) is 11.3 Å². The molecule has 1 aliphatic rings. The van der Waals surface area contributed by atoms with Gasteiger partial charge in [0.05, 0.1) is 16.1 Å². The van der Waals surface area contributed by atoms with E-state index in [-0.39, 0.29) is 28.7 Å². The van der Waals surface area contributed by atoms with Gasteiger partial charge in [0.25, 0.3) is 0 Å². The molecule has 0 fully saturated rings. The number of nitrogens with zero attached hydrogens (tertiary/aromatic N) is 1. The fraction of sp³-hybridized carbons (Fsp3) is 0.0476. The normalized spacial score (nSPS) is 15.4. The van der Waals surface area contributed by atoms with E-state index in [9.17, 15) is 18.0 Å². The van der Waals surface area contributed by atoms with Gasteiger partial charge in [0, 0.05) is 15.2 Å². The molecule has 30 heavy (non-hydrogen) atoms. The van der Waals surface area contributed by atoms with Crippen molar-refractivity contribution in [1.29, 1.82) is 0 Å². The molecule has 4 nitrogen and oxygen atoms in total. The summed E-state index contributed by atoms with van der Waals surface area (Å²) in [4.78, 5) is 16.3. The zero-order chi connectivity index (χ0) is 21.5. The molecule has 9 heteroatoms. The molecular weight excluding hydrogens is 534 g/mol. The highest BCUT2D eigenvalue weighted by Crippen LogP contribution is 2.33. The van der Waals surface area contributed by atoms with Gasteiger partial charge in [-0.1, -0.05) is 23.7 Å². The minimum atomic E-state index is -4.46. The number of benzene rings is 2. The number of halogens is 5. The van der Waals surface area contributed by atoms with Crippen LogP contribution in [0.25, 0.3) is 17.4 Å². The number of carbonyl (C=O) groups excluding carboxylic acids is 1. The lowest BCUT2D eigenvalue weighted by molar-refractivity contribution is -0.137. The lowest BCUT2D eigenvalue weighted by Gasteiger charge is -2.07. The smallest absolute Gasteiger partial charge is 0.416 e. The lowest BCUT2D eigenvalue weighted by Crippen LogP contribution is -2.06. The van der Waals surface area contributed by atoms with Gasteiger partial charge in [0.2, 0.25) is 5.90 Å². The summed E-state index contributed by atoms with van der Waals surface area (Å²) in [7, 11) is 0. The molecule has 4 rings (SSSR count). The van der Waals surface area contributed by atoms with Gasteiger partial charge < -0.3 is 9.15 Å². The minimum Gasteiger partial charge on any atom is -0.457 e. The van der Waals surface area contributed by atoms with Crippen molar-refractivity contribution >= 4 is 52.1 Å². The molecule has 0 aliphatic carbocycles. The first-order valence-corrected chi connectivity index (χ1v) is 9.92. The lowest BCUT2D eigenvalue weighted by atomic mass is 10.1. The summed E-state index contributed by atoms with van der Waals surface area (Å²) in [5, 5.41) is 0.382.